The van der Waals surface area contributed by atoms with Crippen molar-refractivity contribution in [3.63, 3.8) is 0 Å². The van der Waals surface area contributed by atoms with E-state index in [1.54, 1.807) is 21.7 Å². The number of likely N-dealkylation sites (N-methyl/N-ethyl adjacent to an activating group) is 1. The van der Waals surface area contributed by atoms with Gasteiger partial charge in [0, 0.05) is 44.5 Å². The summed E-state index contributed by atoms with van der Waals surface area (Å²) in [6.07, 6.45) is 4.90. The Morgan fingerprint density at radius 1 is 1.00 bits per heavy atom. The smallest absolute Gasteiger partial charge is 0.272 e. The van der Waals surface area contributed by atoms with Crippen molar-refractivity contribution in [3.05, 3.63) is 102 Å². The third-order valence-electron chi connectivity index (χ3n) is 5.97. The first kappa shape index (κ1) is 22.3. The fraction of sp³-hybridized carbons (Fsp3) is 0.222. The molecule has 0 saturated carbocycles. The predicted octanol–water partition coefficient (Wildman–Crippen LogP) is 4.08. The summed E-state index contributed by atoms with van der Waals surface area (Å²) in [5.74, 6) is -0.249. The molecular weight excluding hydrogens is 412 g/mol. The predicted molar refractivity (Wildman–Crippen MR) is 130 cm³/mol. The Morgan fingerprint density at radius 3 is 2.45 bits per heavy atom. The zero-order valence-corrected chi connectivity index (χ0v) is 18.9. The van der Waals surface area contributed by atoms with Crippen LogP contribution in [0.4, 0.5) is 0 Å². The Kier molecular flexibility index (Phi) is 6.83. The van der Waals surface area contributed by atoms with Crippen molar-refractivity contribution in [1.29, 1.82) is 0 Å². The molecule has 2 heterocycles. The average Bonchev–Trinajstić information content (AvgIpc) is 3.28. The van der Waals surface area contributed by atoms with E-state index in [0.717, 1.165) is 16.3 Å². The van der Waals surface area contributed by atoms with Crippen LogP contribution in [0.3, 0.4) is 0 Å². The van der Waals surface area contributed by atoms with Gasteiger partial charge in [-0.3, -0.25) is 14.6 Å². The number of nitrogens with one attached hydrogen (secondary N) is 1. The lowest BCUT2D eigenvalue weighted by Gasteiger charge is -2.28. The minimum atomic E-state index is -0.129. The maximum Gasteiger partial charge on any atom is 0.272 e. The number of nitrogens with zero attached hydrogens (tertiary/aromatic N) is 3. The summed E-state index contributed by atoms with van der Waals surface area (Å²) >= 11 is 0. The van der Waals surface area contributed by atoms with Crippen LogP contribution in [0.2, 0.25) is 0 Å². The Labute approximate surface area is 193 Å². The fourth-order valence-corrected chi connectivity index (χ4v) is 4.01. The number of aromatic nitrogens is 2. The third-order valence-corrected chi connectivity index (χ3v) is 5.97. The van der Waals surface area contributed by atoms with Crippen molar-refractivity contribution in [2.24, 2.45) is 7.05 Å². The van der Waals surface area contributed by atoms with Crippen molar-refractivity contribution < 1.29 is 9.59 Å². The maximum atomic E-state index is 13.3. The summed E-state index contributed by atoms with van der Waals surface area (Å²) in [6, 6.07) is 23.3. The van der Waals surface area contributed by atoms with Gasteiger partial charge in [0.25, 0.3) is 11.8 Å². The van der Waals surface area contributed by atoms with Crippen LogP contribution in [0.1, 0.15) is 33.0 Å². The molecule has 168 valence electrons. The summed E-state index contributed by atoms with van der Waals surface area (Å²) in [4.78, 5) is 32.0. The molecule has 4 rings (SSSR count). The monoisotopic (exact) mass is 440 g/mol. The average molecular weight is 441 g/mol. The van der Waals surface area contributed by atoms with Crippen LogP contribution >= 0.6 is 0 Å². The first-order valence-corrected chi connectivity index (χ1v) is 11.1. The second-order valence-electron chi connectivity index (χ2n) is 8.23. The summed E-state index contributed by atoms with van der Waals surface area (Å²) in [6.45, 7) is 0.463. The second-order valence-corrected chi connectivity index (χ2v) is 8.23. The number of amides is 2. The number of carbonyl (C=O) groups is 2. The molecule has 6 nitrogen and oxygen atoms in total. The van der Waals surface area contributed by atoms with E-state index in [1.807, 2.05) is 74.9 Å². The summed E-state index contributed by atoms with van der Waals surface area (Å²) in [5, 5.41) is 4.97. The van der Waals surface area contributed by atoms with Crippen LogP contribution in [0.25, 0.3) is 10.8 Å². The van der Waals surface area contributed by atoms with E-state index in [2.05, 4.69) is 22.4 Å². The van der Waals surface area contributed by atoms with Crippen molar-refractivity contribution in [2.75, 3.05) is 13.6 Å². The van der Waals surface area contributed by atoms with Gasteiger partial charge in [0.05, 0.1) is 0 Å². The normalized spacial score (nSPS) is 11.8. The molecule has 0 unspecified atom stereocenters. The topological polar surface area (TPSA) is 67.2 Å². The largest absolute Gasteiger partial charge is 0.351 e. The molecule has 33 heavy (non-hydrogen) atoms. The van der Waals surface area contributed by atoms with Gasteiger partial charge in [-0.05, 0) is 42.0 Å². The molecule has 2 aromatic carbocycles. The number of rotatable bonds is 8. The summed E-state index contributed by atoms with van der Waals surface area (Å²) < 4.78 is 1.79. The highest BCUT2D eigenvalue weighted by molar-refractivity contribution is 5.96. The number of fused-ring (bicyclic) bond motifs is 1. The molecule has 0 radical (unpaired) electrons. The van der Waals surface area contributed by atoms with Gasteiger partial charge in [0.2, 0.25) is 0 Å². The molecule has 0 bridgehead atoms. The standard InChI is InChI=1S/C27H28N4O2/c1-30-16-8-13-25(30)26(32)28-15-14-23(17-20-9-4-3-5-10-20)31(2)27(33)24-18-21-11-6-7-12-22(21)19-29-24/h3-13,16,18-19,23H,14-15,17H2,1-2H3,(H,28,32)/t23-/m1/s1. The van der Waals surface area contributed by atoms with Gasteiger partial charge in [-0.15, -0.1) is 0 Å². The van der Waals surface area contributed by atoms with E-state index in [9.17, 15) is 9.59 Å². The van der Waals surface area contributed by atoms with Gasteiger partial charge in [-0.2, -0.15) is 0 Å². The van der Waals surface area contributed by atoms with Gasteiger partial charge < -0.3 is 14.8 Å². The number of pyridine rings is 1. The van der Waals surface area contributed by atoms with Crippen LogP contribution in [0, 0.1) is 0 Å². The van der Waals surface area contributed by atoms with Gasteiger partial charge >= 0.3 is 0 Å². The molecule has 1 N–H and O–H groups in total. The Bertz CT molecular complexity index is 1250. The molecule has 0 spiro atoms. The zero-order valence-electron chi connectivity index (χ0n) is 18.9. The number of hydrogen-bond donors (Lipinski definition) is 1. The summed E-state index contributed by atoms with van der Waals surface area (Å²) in [5.41, 5.74) is 2.17. The quantitative estimate of drug-likeness (QED) is 0.449. The van der Waals surface area contributed by atoms with E-state index >= 15 is 0 Å². The molecule has 6 heteroatoms. The van der Waals surface area contributed by atoms with Gasteiger partial charge in [0.1, 0.15) is 11.4 Å². The van der Waals surface area contributed by atoms with Crippen molar-refractivity contribution in [1.82, 2.24) is 19.8 Å². The van der Waals surface area contributed by atoms with Gasteiger partial charge in [-0.25, -0.2) is 0 Å². The minimum absolute atomic E-state index is 0.0955. The van der Waals surface area contributed by atoms with Crippen LogP contribution < -0.4 is 5.32 Å². The van der Waals surface area contributed by atoms with Crippen molar-refractivity contribution in [3.8, 4) is 0 Å². The van der Waals surface area contributed by atoms with Crippen LogP contribution in [0.5, 0.6) is 0 Å². The zero-order chi connectivity index (χ0) is 23.2. The molecular formula is C27H28N4O2. The molecule has 4 aromatic rings. The van der Waals surface area contributed by atoms with Crippen molar-refractivity contribution in [2.45, 2.75) is 18.9 Å². The number of hydrogen-bond acceptors (Lipinski definition) is 3. The summed E-state index contributed by atoms with van der Waals surface area (Å²) in [7, 11) is 3.65. The molecule has 0 aliphatic heterocycles. The molecule has 1 atom stereocenters. The molecule has 0 fully saturated rings. The van der Waals surface area contributed by atoms with E-state index < -0.39 is 0 Å². The Hall–Kier alpha value is -3.93. The van der Waals surface area contributed by atoms with E-state index in [-0.39, 0.29) is 17.9 Å². The van der Waals surface area contributed by atoms with Crippen LogP contribution in [-0.4, -0.2) is 45.9 Å². The lowest BCUT2D eigenvalue weighted by atomic mass is 10.0. The SMILES string of the molecule is CN(C(=O)c1cc2ccccc2cn1)[C@H](CCNC(=O)c1cccn1C)Cc1ccccc1. The first-order chi connectivity index (χ1) is 16.0. The van der Waals surface area contributed by atoms with E-state index in [4.69, 9.17) is 0 Å². The number of carbonyl (C=O) groups excluding carboxylic acids is 2. The van der Waals surface area contributed by atoms with Crippen LogP contribution in [-0.2, 0) is 13.5 Å². The first-order valence-electron chi connectivity index (χ1n) is 11.1. The highest BCUT2D eigenvalue weighted by Gasteiger charge is 2.23. The number of benzene rings is 2. The fourth-order valence-electron chi connectivity index (χ4n) is 4.01. The lowest BCUT2D eigenvalue weighted by molar-refractivity contribution is 0.0717. The van der Waals surface area contributed by atoms with E-state index in [1.165, 1.54) is 0 Å². The molecule has 0 aliphatic carbocycles. The maximum absolute atomic E-state index is 13.3. The lowest BCUT2D eigenvalue weighted by Crippen LogP contribution is -2.41. The highest BCUT2D eigenvalue weighted by atomic mass is 16.2. The Morgan fingerprint density at radius 2 is 1.73 bits per heavy atom. The number of aryl methyl sites for hydroxylation is 1. The van der Waals surface area contributed by atoms with Crippen molar-refractivity contribution >= 4 is 22.6 Å². The van der Waals surface area contributed by atoms with Gasteiger partial charge in [-0.1, -0.05) is 54.6 Å². The third kappa shape index (κ3) is 5.29. The molecule has 0 saturated heterocycles. The molecule has 2 amide bonds. The van der Waals surface area contributed by atoms with E-state index in [0.29, 0.717) is 30.8 Å². The minimum Gasteiger partial charge on any atom is -0.351 e. The second kappa shape index (κ2) is 10.1. The molecule has 2 aromatic heterocycles. The molecule has 0 aliphatic rings. The van der Waals surface area contributed by atoms with Gasteiger partial charge in [0.15, 0.2) is 0 Å². The highest BCUT2D eigenvalue weighted by Crippen LogP contribution is 2.17. The Balaban J connectivity index is 1.49. The van der Waals surface area contributed by atoms with Crippen LogP contribution in [0.15, 0.2) is 85.2 Å².